The Bertz CT molecular complexity index is 1270. The van der Waals surface area contributed by atoms with E-state index in [0.29, 0.717) is 5.69 Å². The lowest BCUT2D eigenvalue weighted by Crippen LogP contribution is -2.49. The third-order valence-electron chi connectivity index (χ3n) is 5.69. The van der Waals surface area contributed by atoms with Gasteiger partial charge in [0.25, 0.3) is 5.91 Å². The van der Waals surface area contributed by atoms with Gasteiger partial charge in [0.2, 0.25) is 0 Å². The van der Waals surface area contributed by atoms with Gasteiger partial charge in [-0.3, -0.25) is 25.3 Å². The Kier molecular flexibility index (Phi) is 8.41. The van der Waals surface area contributed by atoms with Crippen LogP contribution < -0.4 is 15.8 Å². The minimum absolute atomic E-state index is 0.00609. The van der Waals surface area contributed by atoms with Crippen LogP contribution >= 0.6 is 0 Å². The highest BCUT2D eigenvalue weighted by Gasteiger charge is 2.39. The molecule has 1 aliphatic heterocycles. The van der Waals surface area contributed by atoms with Crippen molar-refractivity contribution in [1.82, 2.24) is 15.8 Å². The number of nitrogens with one attached hydrogen (secondary N) is 2. The van der Waals surface area contributed by atoms with Crippen molar-refractivity contribution in [2.24, 2.45) is 0 Å². The number of hydrogen-bond acceptors (Lipinski definition) is 5. The third-order valence-corrected chi connectivity index (χ3v) is 7.30. The summed E-state index contributed by atoms with van der Waals surface area (Å²) < 4.78 is 75.3. The Morgan fingerprint density at radius 1 is 1.00 bits per heavy atom. The molecule has 0 radical (unpaired) electrons. The number of benzene rings is 2. The first-order valence-electron chi connectivity index (χ1n) is 11.1. The molecule has 9 nitrogen and oxygen atoms in total. The van der Waals surface area contributed by atoms with E-state index in [1.807, 2.05) is 6.92 Å². The maximum Gasteiger partial charge on any atom is 0.472 e. The van der Waals surface area contributed by atoms with E-state index in [-0.39, 0.29) is 42.3 Å². The summed E-state index contributed by atoms with van der Waals surface area (Å²) in [6.07, 6.45) is -4.47. The molecule has 0 aromatic heterocycles. The van der Waals surface area contributed by atoms with Crippen molar-refractivity contribution in [3.63, 3.8) is 0 Å². The van der Waals surface area contributed by atoms with E-state index in [0.717, 1.165) is 24.1 Å². The maximum atomic E-state index is 14.9. The zero-order valence-corrected chi connectivity index (χ0v) is 20.5. The summed E-state index contributed by atoms with van der Waals surface area (Å²) in [5, 5.41) is 0. The molecule has 1 aliphatic rings. The topological polar surface area (TPSA) is 116 Å². The van der Waals surface area contributed by atoms with Gasteiger partial charge in [-0.25, -0.2) is 17.6 Å². The normalized spacial score (nSPS) is 15.1. The van der Waals surface area contributed by atoms with Crippen molar-refractivity contribution in [3.8, 4) is 0 Å². The zero-order valence-electron chi connectivity index (χ0n) is 19.6. The molecule has 1 fully saturated rings. The highest BCUT2D eigenvalue weighted by molar-refractivity contribution is 7.91. The van der Waals surface area contributed by atoms with Crippen LogP contribution in [0.25, 0.3) is 0 Å². The van der Waals surface area contributed by atoms with E-state index < -0.39 is 39.7 Å². The van der Waals surface area contributed by atoms with E-state index in [1.54, 1.807) is 29.7 Å². The van der Waals surface area contributed by atoms with Crippen LogP contribution in [0.3, 0.4) is 0 Å². The Hall–Kier alpha value is -3.68. The molecular weight excluding hydrogens is 520 g/mol. The van der Waals surface area contributed by atoms with Gasteiger partial charge in [0.15, 0.2) is 9.84 Å². The molecule has 14 heteroatoms. The van der Waals surface area contributed by atoms with Crippen molar-refractivity contribution in [3.05, 3.63) is 65.0 Å². The van der Waals surface area contributed by atoms with Crippen LogP contribution in [0.5, 0.6) is 0 Å². The van der Waals surface area contributed by atoms with Crippen LogP contribution in [0.15, 0.2) is 42.5 Å². The standard InChI is InChI=1S/C23H24F4N4O5S/c1-2-15-3-7-18(8-4-15)31(22(34)30-9-11-37(35,36)12-10-30)14-17-6-5-16(13-19(17)24)20(32)28-29-21(33)23(25,26)27/h3-8,13H,2,9-12,14H2,1H3,(H,28,32)(H,29,33). The number of anilines is 1. The lowest BCUT2D eigenvalue weighted by atomic mass is 10.1. The molecular formula is C23H24F4N4O5S. The first-order chi connectivity index (χ1) is 17.3. The Balaban J connectivity index is 1.81. The fourth-order valence-electron chi connectivity index (χ4n) is 3.50. The van der Waals surface area contributed by atoms with Crippen molar-refractivity contribution >= 4 is 33.4 Å². The van der Waals surface area contributed by atoms with E-state index in [4.69, 9.17) is 0 Å². The number of urea groups is 1. The molecule has 2 aromatic rings. The molecule has 0 atom stereocenters. The number of carbonyl (C=O) groups is 3. The van der Waals surface area contributed by atoms with Crippen molar-refractivity contribution < 1.29 is 40.4 Å². The first kappa shape index (κ1) is 27.9. The number of sulfone groups is 1. The van der Waals surface area contributed by atoms with Gasteiger partial charge in [-0.15, -0.1) is 0 Å². The molecule has 37 heavy (non-hydrogen) atoms. The van der Waals surface area contributed by atoms with Gasteiger partial charge >= 0.3 is 18.1 Å². The van der Waals surface area contributed by atoms with Gasteiger partial charge in [0.1, 0.15) is 5.82 Å². The quantitative estimate of drug-likeness (QED) is 0.444. The molecule has 2 aromatic carbocycles. The zero-order chi connectivity index (χ0) is 27.4. The van der Waals surface area contributed by atoms with E-state index in [9.17, 15) is 40.4 Å². The van der Waals surface area contributed by atoms with Gasteiger partial charge in [-0.2, -0.15) is 13.2 Å². The second kappa shape index (κ2) is 11.2. The van der Waals surface area contributed by atoms with Crippen molar-refractivity contribution in [2.75, 3.05) is 29.5 Å². The number of hydrazine groups is 1. The highest BCUT2D eigenvalue weighted by atomic mass is 32.2. The van der Waals surface area contributed by atoms with E-state index in [2.05, 4.69) is 0 Å². The van der Waals surface area contributed by atoms with Crippen LogP contribution in [0, 0.1) is 5.82 Å². The second-order valence-corrected chi connectivity index (χ2v) is 10.5. The van der Waals surface area contributed by atoms with Gasteiger partial charge in [0, 0.05) is 29.9 Å². The number of carbonyl (C=O) groups excluding carboxylic acids is 3. The number of hydrogen-bond donors (Lipinski definition) is 2. The predicted octanol–water partition coefficient (Wildman–Crippen LogP) is 2.57. The molecule has 2 N–H and O–H groups in total. The minimum Gasteiger partial charge on any atom is -0.322 e. The van der Waals surface area contributed by atoms with Gasteiger partial charge < -0.3 is 4.90 Å². The summed E-state index contributed by atoms with van der Waals surface area (Å²) in [7, 11) is -3.24. The average Bonchev–Trinajstić information content (AvgIpc) is 2.85. The largest absolute Gasteiger partial charge is 0.472 e. The fraction of sp³-hybridized carbons (Fsp3) is 0.348. The van der Waals surface area contributed by atoms with Crippen LogP contribution in [0.1, 0.15) is 28.4 Å². The van der Waals surface area contributed by atoms with Crippen LogP contribution in [-0.2, 0) is 27.6 Å². The molecule has 3 rings (SSSR count). The molecule has 0 aliphatic carbocycles. The smallest absolute Gasteiger partial charge is 0.322 e. The maximum absolute atomic E-state index is 14.9. The predicted molar refractivity (Wildman–Crippen MR) is 126 cm³/mol. The van der Waals surface area contributed by atoms with Crippen molar-refractivity contribution in [1.29, 1.82) is 0 Å². The number of halogens is 4. The SMILES string of the molecule is CCc1ccc(N(Cc2ccc(C(=O)NNC(=O)C(F)(F)F)cc2F)C(=O)N2CCS(=O)(=O)CC2)cc1. The summed E-state index contributed by atoms with van der Waals surface area (Å²) in [6, 6.07) is 9.52. The summed E-state index contributed by atoms with van der Waals surface area (Å²) in [5.41, 5.74) is 3.80. The Morgan fingerprint density at radius 2 is 1.62 bits per heavy atom. The fourth-order valence-corrected chi connectivity index (χ4v) is 4.70. The highest BCUT2D eigenvalue weighted by Crippen LogP contribution is 2.23. The molecule has 1 saturated heterocycles. The molecule has 0 saturated carbocycles. The van der Waals surface area contributed by atoms with Crippen LogP contribution in [-0.4, -0.2) is 61.9 Å². The monoisotopic (exact) mass is 544 g/mol. The van der Waals surface area contributed by atoms with Gasteiger partial charge in [-0.05, 0) is 36.2 Å². The van der Waals surface area contributed by atoms with E-state index in [1.165, 1.54) is 21.3 Å². The molecule has 1 heterocycles. The molecule has 0 bridgehead atoms. The number of nitrogens with zero attached hydrogens (tertiary/aromatic N) is 2. The van der Waals surface area contributed by atoms with Crippen LogP contribution in [0.2, 0.25) is 0 Å². The summed E-state index contributed by atoms with van der Waals surface area (Å²) in [4.78, 5) is 38.8. The van der Waals surface area contributed by atoms with Crippen molar-refractivity contribution in [2.45, 2.75) is 26.1 Å². The van der Waals surface area contributed by atoms with Gasteiger partial charge in [0.05, 0.1) is 18.1 Å². The molecule has 4 amide bonds. The second-order valence-electron chi connectivity index (χ2n) is 8.24. The first-order valence-corrected chi connectivity index (χ1v) is 12.9. The lowest BCUT2D eigenvalue weighted by molar-refractivity contribution is -0.174. The Labute approximate surface area is 210 Å². The minimum atomic E-state index is -5.22. The third kappa shape index (κ3) is 7.18. The van der Waals surface area contributed by atoms with E-state index >= 15 is 0 Å². The number of amides is 4. The molecule has 0 spiro atoms. The molecule has 0 unspecified atom stereocenters. The number of rotatable bonds is 5. The average molecular weight is 545 g/mol. The Morgan fingerprint density at radius 3 is 2.16 bits per heavy atom. The summed E-state index contributed by atoms with van der Waals surface area (Å²) >= 11 is 0. The lowest BCUT2D eigenvalue weighted by Gasteiger charge is -2.33. The number of alkyl halides is 3. The van der Waals surface area contributed by atoms with Gasteiger partial charge in [-0.1, -0.05) is 25.1 Å². The number of aryl methyl sites for hydroxylation is 1. The summed E-state index contributed by atoms with van der Waals surface area (Å²) in [5.74, 6) is -4.87. The summed E-state index contributed by atoms with van der Waals surface area (Å²) in [6.45, 7) is 1.64. The molecule has 200 valence electrons. The van der Waals surface area contributed by atoms with Crippen LogP contribution in [0.4, 0.5) is 28.0 Å².